The molecule has 8 heteroatoms. The summed E-state index contributed by atoms with van der Waals surface area (Å²) in [7, 11) is 0. The van der Waals surface area contributed by atoms with E-state index in [1.165, 1.54) is 16.6 Å². The second-order valence-electron chi connectivity index (χ2n) is 5.45. The standard InChI is InChI=1S/C13H16N8/c1-10-7-14-19(8-10)9-11-3-2-6-20(11)13-5-4-12-15-17-18-21(12)16-13/h4-5,7-8,11H,2-3,6,9H2,1H3/t11-/m0/s1. The molecule has 3 aromatic heterocycles. The number of anilines is 1. The third-order valence-corrected chi connectivity index (χ3v) is 3.89. The lowest BCUT2D eigenvalue weighted by atomic mass is 10.2. The van der Waals surface area contributed by atoms with Crippen LogP contribution in [0, 0.1) is 6.92 Å². The van der Waals surface area contributed by atoms with E-state index in [2.05, 4.69) is 43.7 Å². The SMILES string of the molecule is Cc1cnn(C[C@@H]2CCCN2c2ccc3nnnn3n2)c1. The largest absolute Gasteiger partial charge is 0.350 e. The highest BCUT2D eigenvalue weighted by molar-refractivity contribution is 5.45. The van der Waals surface area contributed by atoms with Gasteiger partial charge in [0.2, 0.25) is 0 Å². The summed E-state index contributed by atoms with van der Waals surface area (Å²) in [5.74, 6) is 0.918. The van der Waals surface area contributed by atoms with E-state index in [1.54, 1.807) is 0 Å². The first-order valence-electron chi connectivity index (χ1n) is 7.11. The van der Waals surface area contributed by atoms with Crippen molar-refractivity contribution < 1.29 is 0 Å². The first-order valence-corrected chi connectivity index (χ1v) is 7.11. The van der Waals surface area contributed by atoms with Crippen molar-refractivity contribution in [1.82, 2.24) is 35.0 Å². The molecule has 1 atom stereocenters. The summed E-state index contributed by atoms with van der Waals surface area (Å²) >= 11 is 0. The minimum atomic E-state index is 0.408. The van der Waals surface area contributed by atoms with E-state index >= 15 is 0 Å². The predicted octanol–water partition coefficient (Wildman–Crippen LogP) is 0.693. The molecule has 0 bridgehead atoms. The molecule has 1 aliphatic heterocycles. The number of rotatable bonds is 3. The van der Waals surface area contributed by atoms with Gasteiger partial charge in [0.25, 0.3) is 0 Å². The quantitative estimate of drug-likeness (QED) is 0.704. The van der Waals surface area contributed by atoms with Crippen LogP contribution < -0.4 is 4.90 Å². The third-order valence-electron chi connectivity index (χ3n) is 3.89. The molecule has 3 aromatic rings. The Bertz CT molecular complexity index is 760. The molecule has 1 aliphatic rings. The topological polar surface area (TPSA) is 77.0 Å². The summed E-state index contributed by atoms with van der Waals surface area (Å²) in [6, 6.07) is 4.29. The van der Waals surface area contributed by atoms with Crippen molar-refractivity contribution in [3.8, 4) is 0 Å². The molecular weight excluding hydrogens is 268 g/mol. The first kappa shape index (κ1) is 12.2. The molecular formula is C13H16N8. The molecule has 0 unspecified atom stereocenters. The van der Waals surface area contributed by atoms with Crippen molar-refractivity contribution in [3.63, 3.8) is 0 Å². The Kier molecular flexibility index (Phi) is 2.80. The number of tetrazole rings is 1. The predicted molar refractivity (Wildman–Crippen MR) is 75.9 cm³/mol. The molecule has 1 saturated heterocycles. The van der Waals surface area contributed by atoms with Gasteiger partial charge in [0.15, 0.2) is 11.5 Å². The average Bonchev–Trinajstić information content (AvgIpc) is 3.19. The van der Waals surface area contributed by atoms with Gasteiger partial charge in [-0.1, -0.05) is 0 Å². The molecule has 8 nitrogen and oxygen atoms in total. The van der Waals surface area contributed by atoms with E-state index in [-0.39, 0.29) is 0 Å². The van der Waals surface area contributed by atoms with Crippen LogP contribution in [0.25, 0.3) is 5.65 Å². The van der Waals surface area contributed by atoms with Crippen molar-refractivity contribution in [1.29, 1.82) is 0 Å². The molecule has 0 aliphatic carbocycles. The summed E-state index contributed by atoms with van der Waals surface area (Å²) in [4.78, 5) is 2.32. The average molecular weight is 284 g/mol. The Morgan fingerprint density at radius 2 is 2.29 bits per heavy atom. The molecule has 4 rings (SSSR count). The highest BCUT2D eigenvalue weighted by atomic mass is 15.6. The van der Waals surface area contributed by atoms with Gasteiger partial charge < -0.3 is 4.90 Å². The summed E-state index contributed by atoms with van der Waals surface area (Å²) in [5, 5.41) is 20.2. The van der Waals surface area contributed by atoms with E-state index in [9.17, 15) is 0 Å². The van der Waals surface area contributed by atoms with E-state index < -0.39 is 0 Å². The summed E-state index contributed by atoms with van der Waals surface area (Å²) in [6.45, 7) is 3.94. The first-order chi connectivity index (χ1) is 10.3. The fourth-order valence-electron chi connectivity index (χ4n) is 2.90. The molecule has 0 radical (unpaired) electrons. The van der Waals surface area contributed by atoms with Gasteiger partial charge >= 0.3 is 0 Å². The molecule has 1 fully saturated rings. The molecule has 0 amide bonds. The maximum atomic E-state index is 4.49. The van der Waals surface area contributed by atoms with Gasteiger partial charge in [-0.3, -0.25) is 4.68 Å². The normalized spacial score (nSPS) is 18.7. The van der Waals surface area contributed by atoms with Crippen LogP contribution in [0.3, 0.4) is 0 Å². The Hall–Kier alpha value is -2.51. The molecule has 4 heterocycles. The second-order valence-corrected chi connectivity index (χ2v) is 5.45. The Morgan fingerprint density at radius 3 is 3.14 bits per heavy atom. The number of hydrogen-bond acceptors (Lipinski definition) is 6. The fraction of sp³-hybridized carbons (Fsp3) is 0.462. The lowest BCUT2D eigenvalue weighted by Crippen LogP contribution is -2.34. The van der Waals surface area contributed by atoms with Crippen molar-refractivity contribution in [2.75, 3.05) is 11.4 Å². The van der Waals surface area contributed by atoms with Gasteiger partial charge in [-0.2, -0.15) is 5.10 Å². The van der Waals surface area contributed by atoms with E-state index in [4.69, 9.17) is 0 Å². The van der Waals surface area contributed by atoms with Gasteiger partial charge in [-0.25, -0.2) is 0 Å². The highest BCUT2D eigenvalue weighted by Gasteiger charge is 2.26. The molecule has 21 heavy (non-hydrogen) atoms. The molecule has 0 N–H and O–H groups in total. The van der Waals surface area contributed by atoms with Crippen LogP contribution in [-0.4, -0.2) is 47.6 Å². The maximum Gasteiger partial charge on any atom is 0.200 e. The van der Waals surface area contributed by atoms with Gasteiger partial charge in [-0.15, -0.1) is 14.8 Å². The van der Waals surface area contributed by atoms with E-state index in [1.807, 2.05) is 23.0 Å². The minimum Gasteiger partial charge on any atom is -0.350 e. The lowest BCUT2D eigenvalue weighted by molar-refractivity contribution is 0.505. The van der Waals surface area contributed by atoms with E-state index in [0.717, 1.165) is 25.3 Å². The van der Waals surface area contributed by atoms with Crippen molar-refractivity contribution in [2.45, 2.75) is 32.4 Å². The fourth-order valence-corrected chi connectivity index (χ4v) is 2.90. The molecule has 0 spiro atoms. The van der Waals surface area contributed by atoms with Crippen LogP contribution >= 0.6 is 0 Å². The van der Waals surface area contributed by atoms with Crippen LogP contribution in [-0.2, 0) is 6.54 Å². The number of fused-ring (bicyclic) bond motifs is 1. The monoisotopic (exact) mass is 284 g/mol. The number of hydrogen-bond donors (Lipinski definition) is 0. The van der Waals surface area contributed by atoms with Gasteiger partial charge in [0.05, 0.1) is 18.8 Å². The van der Waals surface area contributed by atoms with Crippen LogP contribution in [0.2, 0.25) is 0 Å². The number of aromatic nitrogens is 7. The Balaban J connectivity index is 1.60. The van der Waals surface area contributed by atoms with Crippen molar-refractivity contribution in [3.05, 3.63) is 30.1 Å². The molecule has 0 aromatic carbocycles. The summed E-state index contributed by atoms with van der Waals surface area (Å²) < 4.78 is 3.48. The van der Waals surface area contributed by atoms with Crippen molar-refractivity contribution in [2.24, 2.45) is 0 Å². The van der Waals surface area contributed by atoms with Crippen molar-refractivity contribution >= 4 is 11.5 Å². The molecule has 108 valence electrons. The summed E-state index contributed by atoms with van der Waals surface area (Å²) in [5.41, 5.74) is 1.85. The Labute approximate surface area is 121 Å². The zero-order valence-electron chi connectivity index (χ0n) is 11.8. The zero-order valence-corrected chi connectivity index (χ0v) is 11.8. The van der Waals surface area contributed by atoms with Crippen LogP contribution in [0.4, 0.5) is 5.82 Å². The van der Waals surface area contributed by atoms with Gasteiger partial charge in [0.1, 0.15) is 0 Å². The van der Waals surface area contributed by atoms with Crippen LogP contribution in [0.15, 0.2) is 24.5 Å². The van der Waals surface area contributed by atoms with Gasteiger partial charge in [-0.05, 0) is 47.9 Å². The van der Waals surface area contributed by atoms with Crippen LogP contribution in [0.1, 0.15) is 18.4 Å². The van der Waals surface area contributed by atoms with Crippen LogP contribution in [0.5, 0.6) is 0 Å². The summed E-state index contributed by atoms with van der Waals surface area (Å²) in [6.07, 6.45) is 6.29. The molecule has 0 saturated carbocycles. The highest BCUT2D eigenvalue weighted by Crippen LogP contribution is 2.24. The smallest absolute Gasteiger partial charge is 0.200 e. The Morgan fingerprint density at radius 1 is 1.33 bits per heavy atom. The number of nitrogens with zero attached hydrogens (tertiary/aromatic N) is 8. The van der Waals surface area contributed by atoms with E-state index in [0.29, 0.717) is 11.7 Å². The lowest BCUT2D eigenvalue weighted by Gasteiger charge is -2.25. The zero-order chi connectivity index (χ0) is 14.2. The third kappa shape index (κ3) is 2.22. The number of aryl methyl sites for hydroxylation is 1. The minimum absolute atomic E-state index is 0.408. The van der Waals surface area contributed by atoms with Gasteiger partial charge in [0, 0.05) is 12.7 Å². The maximum absolute atomic E-state index is 4.49. The second kappa shape index (κ2) is 4.80.